The van der Waals surface area contributed by atoms with Gasteiger partial charge in [0.05, 0.1) is 17.4 Å². The third kappa shape index (κ3) is 5.46. The van der Waals surface area contributed by atoms with Crippen LogP contribution in [0.2, 0.25) is 0 Å². The van der Waals surface area contributed by atoms with Crippen LogP contribution in [-0.4, -0.2) is 40.0 Å². The van der Waals surface area contributed by atoms with Gasteiger partial charge < -0.3 is 10.2 Å². The molecule has 0 fully saturated rings. The Morgan fingerprint density at radius 1 is 1.00 bits per heavy atom. The van der Waals surface area contributed by atoms with Crippen LogP contribution in [0.3, 0.4) is 0 Å². The lowest BCUT2D eigenvalue weighted by Crippen LogP contribution is -2.23. The molecule has 0 saturated heterocycles. The maximum absolute atomic E-state index is 14.6. The van der Waals surface area contributed by atoms with Gasteiger partial charge in [0.2, 0.25) is 5.91 Å². The highest BCUT2D eigenvalue weighted by atomic mass is 32.2. The molecule has 0 bridgehead atoms. The maximum atomic E-state index is 14.6. The molecule has 1 heterocycles. The second-order valence-corrected chi connectivity index (χ2v) is 9.36. The Hall–Kier alpha value is -3.65. The van der Waals surface area contributed by atoms with E-state index >= 15 is 0 Å². The molecular weight excluding hydrogens is 449 g/mol. The molecule has 4 aromatic rings. The predicted molar refractivity (Wildman–Crippen MR) is 136 cm³/mol. The lowest BCUT2D eigenvalue weighted by atomic mass is 10.2. The topological polar surface area (TPSA) is 63.1 Å². The van der Waals surface area contributed by atoms with Crippen LogP contribution in [0.4, 0.5) is 15.8 Å². The number of benzene rings is 3. The molecule has 174 valence electrons. The third-order valence-electron chi connectivity index (χ3n) is 5.32. The molecule has 4 rings (SSSR count). The van der Waals surface area contributed by atoms with Crippen molar-refractivity contribution >= 4 is 29.0 Å². The fourth-order valence-electron chi connectivity index (χ4n) is 3.42. The van der Waals surface area contributed by atoms with Crippen LogP contribution >= 0.6 is 11.8 Å². The molecule has 0 aliphatic rings. The van der Waals surface area contributed by atoms with E-state index in [1.165, 1.54) is 17.8 Å². The van der Waals surface area contributed by atoms with Crippen LogP contribution in [0.15, 0.2) is 84.0 Å². The summed E-state index contributed by atoms with van der Waals surface area (Å²) in [6.07, 6.45) is 0. The summed E-state index contributed by atoms with van der Waals surface area (Å²) in [5, 5.41) is 11.6. The molecule has 1 N–H and O–H groups in total. The van der Waals surface area contributed by atoms with Crippen LogP contribution in [0, 0.1) is 5.82 Å². The van der Waals surface area contributed by atoms with Crippen molar-refractivity contribution in [1.82, 2.24) is 14.8 Å². The molecule has 6 nitrogen and oxygen atoms in total. The lowest BCUT2D eigenvalue weighted by molar-refractivity contribution is -0.115. The number of anilines is 2. The Bertz CT molecular complexity index is 1260. The Labute approximate surface area is 202 Å². The van der Waals surface area contributed by atoms with Crippen LogP contribution in [0.1, 0.15) is 12.5 Å². The fraction of sp³-hybridized carbons (Fsp3) is 0.192. The highest BCUT2D eigenvalue weighted by molar-refractivity contribution is 8.00. The number of aromatic nitrogens is 3. The molecule has 1 unspecified atom stereocenters. The number of rotatable bonds is 8. The van der Waals surface area contributed by atoms with E-state index < -0.39 is 5.25 Å². The van der Waals surface area contributed by atoms with Crippen LogP contribution < -0.4 is 10.2 Å². The zero-order chi connectivity index (χ0) is 24.1. The van der Waals surface area contributed by atoms with Crippen molar-refractivity contribution < 1.29 is 9.18 Å². The molecule has 0 aliphatic heterocycles. The normalized spacial score (nSPS) is 11.8. The number of hydrogen-bond donors (Lipinski definition) is 1. The third-order valence-corrected chi connectivity index (χ3v) is 6.40. The zero-order valence-electron chi connectivity index (χ0n) is 19.3. The van der Waals surface area contributed by atoms with Gasteiger partial charge in [-0.25, -0.2) is 4.39 Å². The second kappa shape index (κ2) is 10.5. The first-order valence-corrected chi connectivity index (χ1v) is 11.8. The highest BCUT2D eigenvalue weighted by Gasteiger charge is 2.22. The van der Waals surface area contributed by atoms with E-state index in [0.29, 0.717) is 23.1 Å². The summed E-state index contributed by atoms with van der Waals surface area (Å²) in [6.45, 7) is 2.28. The van der Waals surface area contributed by atoms with Gasteiger partial charge in [0.25, 0.3) is 0 Å². The molecule has 1 atom stereocenters. The van der Waals surface area contributed by atoms with Crippen LogP contribution in [0.25, 0.3) is 11.4 Å². The van der Waals surface area contributed by atoms with Crippen molar-refractivity contribution in [3.8, 4) is 11.4 Å². The van der Waals surface area contributed by atoms with Crippen LogP contribution in [0.5, 0.6) is 0 Å². The average Bonchev–Trinajstić information content (AvgIpc) is 3.22. The summed E-state index contributed by atoms with van der Waals surface area (Å²) in [6, 6.07) is 24.0. The van der Waals surface area contributed by atoms with Gasteiger partial charge in [-0.1, -0.05) is 54.2 Å². The van der Waals surface area contributed by atoms with Gasteiger partial charge in [0.15, 0.2) is 11.0 Å². The van der Waals surface area contributed by atoms with E-state index in [1.54, 1.807) is 18.2 Å². The zero-order valence-corrected chi connectivity index (χ0v) is 20.1. The summed E-state index contributed by atoms with van der Waals surface area (Å²) in [7, 11) is 3.93. The smallest absolute Gasteiger partial charge is 0.237 e. The number of hydrogen-bond acceptors (Lipinski definition) is 5. The van der Waals surface area contributed by atoms with E-state index in [2.05, 4.69) is 15.5 Å². The monoisotopic (exact) mass is 475 g/mol. The first-order valence-electron chi connectivity index (χ1n) is 10.9. The predicted octanol–water partition coefficient (Wildman–Crippen LogP) is 5.32. The minimum atomic E-state index is -0.444. The minimum Gasteiger partial charge on any atom is -0.378 e. The average molecular weight is 476 g/mol. The first-order chi connectivity index (χ1) is 16.4. The SMILES string of the molecule is CC(Sc1nnc(-c2ccccc2F)n1Cc1ccccc1)C(=O)Nc1ccc(N(C)C)cc1. The summed E-state index contributed by atoms with van der Waals surface area (Å²) in [5.41, 5.74) is 3.17. The number of carbonyl (C=O) groups excluding carboxylic acids is 1. The number of amides is 1. The van der Waals surface area contributed by atoms with Gasteiger partial charge in [-0.05, 0) is 48.9 Å². The van der Waals surface area contributed by atoms with E-state index in [0.717, 1.165) is 16.9 Å². The molecule has 0 radical (unpaired) electrons. The van der Waals surface area contributed by atoms with Gasteiger partial charge >= 0.3 is 0 Å². The van der Waals surface area contributed by atoms with Crippen molar-refractivity contribution in [1.29, 1.82) is 0 Å². The van der Waals surface area contributed by atoms with Crippen molar-refractivity contribution in [2.75, 3.05) is 24.3 Å². The quantitative estimate of drug-likeness (QED) is 0.350. The highest BCUT2D eigenvalue weighted by Crippen LogP contribution is 2.29. The molecule has 3 aromatic carbocycles. The summed E-state index contributed by atoms with van der Waals surface area (Å²) in [4.78, 5) is 14.9. The van der Waals surface area contributed by atoms with E-state index in [-0.39, 0.29) is 11.7 Å². The summed E-state index contributed by atoms with van der Waals surface area (Å²) < 4.78 is 16.4. The molecule has 0 aliphatic carbocycles. The van der Waals surface area contributed by atoms with Gasteiger partial charge in [-0.3, -0.25) is 9.36 Å². The molecule has 1 aromatic heterocycles. The number of nitrogens with zero attached hydrogens (tertiary/aromatic N) is 4. The lowest BCUT2D eigenvalue weighted by Gasteiger charge is -2.15. The minimum absolute atomic E-state index is 0.149. The molecule has 1 amide bonds. The van der Waals surface area contributed by atoms with Crippen molar-refractivity contribution in [3.63, 3.8) is 0 Å². The Morgan fingerprint density at radius 2 is 1.68 bits per heavy atom. The Balaban J connectivity index is 1.57. The standard InChI is InChI=1S/C26H26FN5OS/c1-18(25(33)28-20-13-15-21(16-14-20)31(2)3)34-26-30-29-24(22-11-7-8-12-23(22)27)32(26)17-19-9-5-4-6-10-19/h4-16,18H,17H2,1-3H3,(H,28,33). The molecule has 8 heteroatoms. The van der Waals surface area contributed by atoms with Gasteiger partial charge in [0, 0.05) is 25.5 Å². The molecular formula is C26H26FN5OS. The maximum Gasteiger partial charge on any atom is 0.237 e. The van der Waals surface area contributed by atoms with Crippen LogP contribution in [-0.2, 0) is 11.3 Å². The van der Waals surface area contributed by atoms with Gasteiger partial charge in [-0.2, -0.15) is 0 Å². The van der Waals surface area contributed by atoms with Crippen molar-refractivity contribution in [2.45, 2.75) is 23.9 Å². The number of carbonyl (C=O) groups is 1. The summed E-state index contributed by atoms with van der Waals surface area (Å²) in [5.74, 6) is -0.0895. The van der Waals surface area contributed by atoms with Crippen molar-refractivity contribution in [3.05, 3.63) is 90.2 Å². The van der Waals surface area contributed by atoms with Gasteiger partial charge in [-0.15, -0.1) is 10.2 Å². The molecule has 34 heavy (non-hydrogen) atoms. The second-order valence-electron chi connectivity index (χ2n) is 8.05. The van der Waals surface area contributed by atoms with E-state index in [9.17, 15) is 9.18 Å². The first kappa shape index (κ1) is 23.5. The fourth-order valence-corrected chi connectivity index (χ4v) is 4.27. The van der Waals surface area contributed by atoms with Gasteiger partial charge in [0.1, 0.15) is 5.82 Å². The number of halogens is 1. The largest absolute Gasteiger partial charge is 0.378 e. The summed E-state index contributed by atoms with van der Waals surface area (Å²) >= 11 is 1.29. The molecule has 0 spiro atoms. The number of thioether (sulfide) groups is 1. The van der Waals surface area contributed by atoms with Crippen molar-refractivity contribution in [2.24, 2.45) is 0 Å². The molecule has 0 saturated carbocycles. The Morgan fingerprint density at radius 3 is 2.35 bits per heavy atom. The Kier molecular flexibility index (Phi) is 7.27. The number of nitrogens with one attached hydrogen (secondary N) is 1. The van der Waals surface area contributed by atoms with E-state index in [1.807, 2.05) is 85.1 Å². The van der Waals surface area contributed by atoms with E-state index in [4.69, 9.17) is 0 Å².